The van der Waals surface area contributed by atoms with Gasteiger partial charge in [-0.1, -0.05) is 0 Å². The summed E-state index contributed by atoms with van der Waals surface area (Å²) in [5, 5.41) is 0. The first-order chi connectivity index (χ1) is 9.88. The number of nitrogens with one attached hydrogen (secondary N) is 1. The molecule has 118 valence electrons. The van der Waals surface area contributed by atoms with E-state index >= 15 is 0 Å². The average molecular weight is 319 g/mol. The van der Waals surface area contributed by atoms with Crippen LogP contribution in [0.4, 0.5) is 10.1 Å². The van der Waals surface area contributed by atoms with Gasteiger partial charge in [0.2, 0.25) is 10.0 Å². The molecule has 0 amide bonds. The van der Waals surface area contributed by atoms with Gasteiger partial charge in [0.1, 0.15) is 0 Å². The van der Waals surface area contributed by atoms with Crippen LogP contribution in [0.2, 0.25) is 0 Å². The monoisotopic (exact) mass is 319 g/mol. The molecule has 0 aromatic heterocycles. The normalized spacial score (nSPS) is 11.0. The molecular weight excluding hydrogens is 301 g/mol. The van der Waals surface area contributed by atoms with E-state index in [0.29, 0.717) is 6.61 Å². The second-order valence-corrected chi connectivity index (χ2v) is 6.02. The van der Waals surface area contributed by atoms with Crippen molar-refractivity contribution < 1.29 is 27.1 Å². The van der Waals surface area contributed by atoms with Crippen LogP contribution in [-0.2, 0) is 19.6 Å². The van der Waals surface area contributed by atoms with Crippen molar-refractivity contribution in [2.24, 2.45) is 0 Å². The number of esters is 1. The van der Waals surface area contributed by atoms with Gasteiger partial charge >= 0.3 is 5.97 Å². The van der Waals surface area contributed by atoms with Crippen LogP contribution in [0.25, 0.3) is 0 Å². The van der Waals surface area contributed by atoms with Crippen LogP contribution in [0.3, 0.4) is 0 Å². The lowest BCUT2D eigenvalue weighted by molar-refractivity contribution is -0.140. The zero-order valence-electron chi connectivity index (χ0n) is 11.9. The molecule has 0 aliphatic rings. The molecule has 1 aromatic rings. The summed E-state index contributed by atoms with van der Waals surface area (Å²) in [7, 11) is -2.41. The van der Waals surface area contributed by atoms with Gasteiger partial charge in [0, 0.05) is 12.5 Å². The minimum Gasteiger partial charge on any atom is -0.491 e. The van der Waals surface area contributed by atoms with Gasteiger partial charge in [-0.15, -0.1) is 0 Å². The van der Waals surface area contributed by atoms with Crippen molar-refractivity contribution in [3.05, 3.63) is 24.0 Å². The molecule has 0 bridgehead atoms. The fourth-order valence-electron chi connectivity index (χ4n) is 1.58. The number of halogens is 1. The lowest BCUT2D eigenvalue weighted by atomic mass is 10.3. The Labute approximate surface area is 123 Å². The molecule has 1 rings (SSSR count). The standard InChI is InChI=1S/C13H18FNO5S/c1-3-20-12-7-6-10(9-11(12)14)15-21(17,18)8-4-5-13(16)19-2/h6-7,9,15H,3-5,8H2,1-2H3. The summed E-state index contributed by atoms with van der Waals surface area (Å²) in [6.07, 6.45) is 0.135. The van der Waals surface area contributed by atoms with Crippen LogP contribution in [0, 0.1) is 5.82 Å². The second-order valence-electron chi connectivity index (χ2n) is 4.18. The van der Waals surface area contributed by atoms with E-state index in [1.807, 2.05) is 0 Å². The van der Waals surface area contributed by atoms with Gasteiger partial charge < -0.3 is 9.47 Å². The smallest absolute Gasteiger partial charge is 0.305 e. The Morgan fingerprint density at radius 2 is 2.10 bits per heavy atom. The van der Waals surface area contributed by atoms with E-state index in [2.05, 4.69) is 9.46 Å². The van der Waals surface area contributed by atoms with Crippen molar-refractivity contribution in [3.63, 3.8) is 0 Å². The highest BCUT2D eigenvalue weighted by Crippen LogP contribution is 2.22. The predicted molar refractivity (Wildman–Crippen MR) is 76.2 cm³/mol. The van der Waals surface area contributed by atoms with E-state index < -0.39 is 21.8 Å². The van der Waals surface area contributed by atoms with Gasteiger partial charge in [-0.25, -0.2) is 12.8 Å². The molecule has 0 atom stereocenters. The first kappa shape index (κ1) is 17.2. The number of hydrogen-bond acceptors (Lipinski definition) is 5. The fraction of sp³-hybridized carbons (Fsp3) is 0.462. The molecule has 0 fully saturated rings. The molecule has 0 radical (unpaired) electrons. The van der Waals surface area contributed by atoms with Crippen LogP contribution in [0.15, 0.2) is 18.2 Å². The Kier molecular flexibility index (Phi) is 6.41. The number of rotatable bonds is 8. The van der Waals surface area contributed by atoms with Crippen molar-refractivity contribution in [2.75, 3.05) is 24.2 Å². The molecule has 0 heterocycles. The highest BCUT2D eigenvalue weighted by atomic mass is 32.2. The van der Waals surface area contributed by atoms with E-state index in [-0.39, 0.29) is 30.0 Å². The first-order valence-electron chi connectivity index (χ1n) is 6.37. The molecule has 0 saturated heterocycles. The van der Waals surface area contributed by atoms with Gasteiger partial charge in [0.05, 0.1) is 25.2 Å². The Morgan fingerprint density at radius 3 is 2.67 bits per heavy atom. The maximum absolute atomic E-state index is 13.6. The lowest BCUT2D eigenvalue weighted by Crippen LogP contribution is -2.17. The third-order valence-corrected chi connectivity index (χ3v) is 3.90. The number of benzene rings is 1. The topological polar surface area (TPSA) is 81.7 Å². The molecule has 1 N–H and O–H groups in total. The van der Waals surface area contributed by atoms with E-state index in [9.17, 15) is 17.6 Å². The molecule has 0 saturated carbocycles. The van der Waals surface area contributed by atoms with Crippen molar-refractivity contribution >= 4 is 21.7 Å². The number of anilines is 1. The Bertz CT molecular complexity index is 588. The van der Waals surface area contributed by atoms with Crippen LogP contribution in [-0.4, -0.2) is 33.9 Å². The summed E-state index contributed by atoms with van der Waals surface area (Å²) in [5.74, 6) is -1.31. The first-order valence-corrected chi connectivity index (χ1v) is 8.03. The lowest BCUT2D eigenvalue weighted by Gasteiger charge is -2.10. The van der Waals surface area contributed by atoms with Crippen LogP contribution < -0.4 is 9.46 Å². The zero-order valence-corrected chi connectivity index (χ0v) is 12.7. The zero-order chi connectivity index (χ0) is 15.9. The Balaban J connectivity index is 2.62. The summed E-state index contributed by atoms with van der Waals surface area (Å²) >= 11 is 0. The Hall–Kier alpha value is -1.83. The van der Waals surface area contributed by atoms with Gasteiger partial charge in [-0.2, -0.15) is 0 Å². The minimum absolute atomic E-state index is 0.00898. The summed E-state index contributed by atoms with van der Waals surface area (Å²) in [6.45, 7) is 2.03. The molecule has 8 heteroatoms. The van der Waals surface area contributed by atoms with Gasteiger partial charge in [0.15, 0.2) is 11.6 Å². The third kappa shape index (κ3) is 5.99. The number of methoxy groups -OCH3 is 1. The summed E-state index contributed by atoms with van der Waals surface area (Å²) < 4.78 is 48.8. The number of hydrogen-bond donors (Lipinski definition) is 1. The van der Waals surface area contributed by atoms with Crippen molar-refractivity contribution in [1.82, 2.24) is 0 Å². The third-order valence-electron chi connectivity index (χ3n) is 2.53. The molecule has 0 aliphatic heterocycles. The van der Waals surface area contributed by atoms with Crippen LogP contribution >= 0.6 is 0 Å². The molecule has 0 aliphatic carbocycles. The van der Waals surface area contributed by atoms with E-state index in [0.717, 1.165) is 6.07 Å². The predicted octanol–water partition coefficient (Wildman–Crippen LogP) is 1.92. The molecule has 21 heavy (non-hydrogen) atoms. The summed E-state index contributed by atoms with van der Waals surface area (Å²) in [6, 6.07) is 3.81. The van der Waals surface area contributed by atoms with E-state index in [4.69, 9.17) is 4.74 Å². The van der Waals surface area contributed by atoms with Gasteiger partial charge in [-0.05, 0) is 25.5 Å². The number of ether oxygens (including phenoxy) is 2. The van der Waals surface area contributed by atoms with Crippen molar-refractivity contribution in [1.29, 1.82) is 0 Å². The highest BCUT2D eigenvalue weighted by molar-refractivity contribution is 7.92. The van der Waals surface area contributed by atoms with Crippen molar-refractivity contribution in [2.45, 2.75) is 19.8 Å². The average Bonchev–Trinajstić information content (AvgIpc) is 2.41. The number of carbonyl (C=O) groups is 1. The van der Waals surface area contributed by atoms with E-state index in [1.165, 1.54) is 19.2 Å². The van der Waals surface area contributed by atoms with Crippen LogP contribution in [0.1, 0.15) is 19.8 Å². The Morgan fingerprint density at radius 1 is 1.38 bits per heavy atom. The molecule has 1 aromatic carbocycles. The maximum Gasteiger partial charge on any atom is 0.305 e. The van der Waals surface area contributed by atoms with Gasteiger partial charge in [-0.3, -0.25) is 9.52 Å². The van der Waals surface area contributed by atoms with E-state index in [1.54, 1.807) is 6.92 Å². The second kappa shape index (κ2) is 7.82. The maximum atomic E-state index is 13.6. The van der Waals surface area contributed by atoms with Crippen LogP contribution in [0.5, 0.6) is 5.75 Å². The minimum atomic E-state index is -3.65. The molecular formula is C13H18FNO5S. The highest BCUT2D eigenvalue weighted by Gasteiger charge is 2.13. The molecule has 0 unspecified atom stereocenters. The van der Waals surface area contributed by atoms with Crippen molar-refractivity contribution in [3.8, 4) is 5.75 Å². The fourth-order valence-corrected chi connectivity index (χ4v) is 2.69. The summed E-state index contributed by atoms with van der Waals surface area (Å²) in [5.41, 5.74) is 0.106. The van der Waals surface area contributed by atoms with Gasteiger partial charge in [0.25, 0.3) is 0 Å². The largest absolute Gasteiger partial charge is 0.491 e. The molecule has 6 nitrogen and oxygen atoms in total. The quantitative estimate of drug-likeness (QED) is 0.740. The summed E-state index contributed by atoms with van der Waals surface area (Å²) in [4.78, 5) is 10.9. The molecule has 0 spiro atoms. The SMILES string of the molecule is CCOc1ccc(NS(=O)(=O)CCCC(=O)OC)cc1F. The number of carbonyl (C=O) groups excluding carboxylic acids is 1. The number of sulfonamides is 1.